The summed E-state index contributed by atoms with van der Waals surface area (Å²) < 4.78 is 23.2. The van der Waals surface area contributed by atoms with Gasteiger partial charge in [-0.05, 0) is 68.7 Å². The van der Waals surface area contributed by atoms with Gasteiger partial charge in [0.1, 0.15) is 11.4 Å². The van der Waals surface area contributed by atoms with E-state index in [1.807, 2.05) is 11.0 Å². The van der Waals surface area contributed by atoms with Gasteiger partial charge in [-0.25, -0.2) is 14.5 Å². The average Bonchev–Trinajstić information content (AvgIpc) is 3.65. The topological polar surface area (TPSA) is 170 Å². The molecule has 3 aliphatic rings. The smallest absolute Gasteiger partial charge is 0.435 e. The third-order valence-electron chi connectivity index (χ3n) is 8.89. The zero-order chi connectivity index (χ0) is 34.8. The van der Waals surface area contributed by atoms with Crippen LogP contribution in [0.3, 0.4) is 0 Å². The van der Waals surface area contributed by atoms with Crippen molar-refractivity contribution in [1.82, 2.24) is 19.7 Å². The molecular formula is C33H34ClN7O8. The van der Waals surface area contributed by atoms with Gasteiger partial charge in [0.2, 0.25) is 11.9 Å². The third-order valence-corrected chi connectivity index (χ3v) is 9.14. The summed E-state index contributed by atoms with van der Waals surface area (Å²) >= 11 is 6.54. The highest BCUT2D eigenvalue weighted by Gasteiger charge is 2.68. The second kappa shape index (κ2) is 11.8. The summed E-state index contributed by atoms with van der Waals surface area (Å²) in [4.78, 5) is 51.3. The fourth-order valence-corrected chi connectivity index (χ4v) is 6.87. The van der Waals surface area contributed by atoms with E-state index in [9.17, 15) is 19.5 Å². The van der Waals surface area contributed by atoms with Crippen LogP contribution in [0.2, 0.25) is 5.15 Å². The number of anilines is 4. The Kier molecular flexibility index (Phi) is 7.78. The standard InChI is InChI=1S/C33H34ClN7O8/c1-32(2,3)49-31(45)41-23-14-17(21-16-33(21)20-15-18(46-4)7-9-22(20)40(28(33)42)30(43)44)6-8-19(23)26(38-41)36-29-35-25(34)24(47-5)27(37-29)39-10-12-48-13-11-39/h6-9,14-15,21H,10-13,16H2,1-5H3,(H,43,44)(H,35,36,37,38)/t21-,33-/m0/s1. The lowest BCUT2D eigenvalue weighted by Crippen LogP contribution is -2.37. The molecule has 0 radical (unpaired) electrons. The van der Waals surface area contributed by atoms with E-state index in [1.165, 1.54) is 14.2 Å². The molecule has 2 aromatic carbocycles. The van der Waals surface area contributed by atoms with Crippen LogP contribution in [0.15, 0.2) is 36.4 Å². The number of morpholine rings is 1. The van der Waals surface area contributed by atoms with Gasteiger partial charge in [-0.15, -0.1) is 5.10 Å². The molecule has 1 saturated heterocycles. The molecule has 2 N–H and O–H groups in total. The van der Waals surface area contributed by atoms with Crippen LogP contribution in [0.1, 0.15) is 44.2 Å². The molecule has 1 spiro atoms. The Bertz CT molecular complexity index is 2020. The number of ether oxygens (including phenoxy) is 4. The Morgan fingerprint density at radius 3 is 2.51 bits per heavy atom. The minimum Gasteiger partial charge on any atom is -0.497 e. The number of aromatic nitrogens is 4. The molecule has 2 fully saturated rings. The van der Waals surface area contributed by atoms with Gasteiger partial charge in [0.15, 0.2) is 22.5 Å². The summed E-state index contributed by atoms with van der Waals surface area (Å²) in [6.07, 6.45) is -1.71. The maximum atomic E-state index is 13.7. The number of nitrogens with one attached hydrogen (secondary N) is 1. The molecule has 15 nitrogen and oxygen atoms in total. The molecule has 16 heteroatoms. The number of fused-ring (bicyclic) bond motifs is 3. The lowest BCUT2D eigenvalue weighted by atomic mass is 9.91. The normalized spacial score (nSPS) is 20.0. The summed E-state index contributed by atoms with van der Waals surface area (Å²) in [7, 11) is 3.00. The van der Waals surface area contributed by atoms with Gasteiger partial charge in [0, 0.05) is 24.4 Å². The fraction of sp³-hybridized carbons (Fsp3) is 0.394. The Morgan fingerprint density at radius 2 is 1.84 bits per heavy atom. The molecule has 1 aliphatic carbocycles. The van der Waals surface area contributed by atoms with Crippen molar-refractivity contribution in [3.63, 3.8) is 0 Å². The molecule has 7 rings (SSSR count). The Morgan fingerprint density at radius 1 is 1.08 bits per heavy atom. The zero-order valence-electron chi connectivity index (χ0n) is 27.4. The molecule has 4 heterocycles. The number of rotatable bonds is 6. The highest BCUT2D eigenvalue weighted by atomic mass is 35.5. The molecule has 1 saturated carbocycles. The maximum Gasteiger partial charge on any atom is 0.435 e. The van der Waals surface area contributed by atoms with Gasteiger partial charge in [0.25, 0.3) is 0 Å². The van der Waals surface area contributed by atoms with Gasteiger partial charge >= 0.3 is 12.2 Å². The predicted molar refractivity (Wildman–Crippen MR) is 179 cm³/mol. The number of carboxylic acid groups (broad SMARTS) is 1. The average molecular weight is 692 g/mol. The molecule has 2 amide bonds. The van der Waals surface area contributed by atoms with Crippen LogP contribution in [0, 0.1) is 0 Å². The third kappa shape index (κ3) is 5.42. The number of nitrogens with zero attached hydrogens (tertiary/aromatic N) is 6. The van der Waals surface area contributed by atoms with E-state index in [0.29, 0.717) is 72.2 Å². The highest BCUT2D eigenvalue weighted by molar-refractivity contribution is 6.31. The first-order valence-electron chi connectivity index (χ1n) is 15.6. The number of hydrogen-bond acceptors (Lipinski definition) is 12. The first kappa shape index (κ1) is 32.4. The van der Waals surface area contributed by atoms with Crippen molar-refractivity contribution in [2.24, 2.45) is 0 Å². The molecule has 2 aromatic heterocycles. The number of benzene rings is 2. The highest BCUT2D eigenvalue weighted by Crippen LogP contribution is 2.67. The van der Waals surface area contributed by atoms with Gasteiger partial charge in [-0.3, -0.25) is 4.79 Å². The van der Waals surface area contributed by atoms with Crippen LogP contribution in [0.25, 0.3) is 10.9 Å². The lowest BCUT2D eigenvalue weighted by molar-refractivity contribution is -0.119. The van der Waals surface area contributed by atoms with Crippen LogP contribution in [-0.2, 0) is 19.7 Å². The van der Waals surface area contributed by atoms with E-state index in [0.717, 1.165) is 15.1 Å². The second-order valence-electron chi connectivity index (χ2n) is 13.0. The van der Waals surface area contributed by atoms with Crippen LogP contribution < -0.4 is 24.6 Å². The van der Waals surface area contributed by atoms with E-state index in [4.69, 9.17) is 30.5 Å². The molecule has 2 atom stereocenters. The SMILES string of the molecule is COc1ccc2c(c1)[C@]1(C[C@H]1c1ccc3c(Nc4nc(Cl)c(OC)c(N5CCOCC5)n4)nn(C(=O)OC(C)(C)C)c3c1)C(=O)N2C(=O)O. The van der Waals surface area contributed by atoms with Crippen molar-refractivity contribution in [2.75, 3.05) is 55.6 Å². The number of hydrogen-bond donors (Lipinski definition) is 2. The first-order valence-corrected chi connectivity index (χ1v) is 16.0. The van der Waals surface area contributed by atoms with Crippen LogP contribution >= 0.6 is 11.6 Å². The Hall–Kier alpha value is -5.15. The van der Waals surface area contributed by atoms with Gasteiger partial charge in [0.05, 0.1) is 44.1 Å². The number of carbonyl (C=O) groups is 3. The van der Waals surface area contributed by atoms with Gasteiger partial charge in [-0.1, -0.05) is 17.7 Å². The molecular weight excluding hydrogens is 658 g/mol. The lowest BCUT2D eigenvalue weighted by Gasteiger charge is -2.29. The second-order valence-corrected chi connectivity index (χ2v) is 13.3. The van der Waals surface area contributed by atoms with E-state index in [-0.39, 0.29) is 22.8 Å². The van der Waals surface area contributed by atoms with E-state index in [1.54, 1.807) is 51.1 Å². The summed E-state index contributed by atoms with van der Waals surface area (Å²) in [5.41, 5.74) is 0.0863. The van der Waals surface area contributed by atoms with Crippen molar-refractivity contribution < 1.29 is 38.4 Å². The van der Waals surface area contributed by atoms with Crippen molar-refractivity contribution in [2.45, 2.75) is 44.1 Å². The minimum absolute atomic E-state index is 0.0900. The quantitative estimate of drug-likeness (QED) is 0.250. The Balaban J connectivity index is 1.30. The molecule has 2 aliphatic heterocycles. The van der Waals surface area contributed by atoms with E-state index >= 15 is 0 Å². The number of carbonyl (C=O) groups excluding carboxylic acids is 2. The van der Waals surface area contributed by atoms with Crippen molar-refractivity contribution in [3.05, 3.63) is 52.7 Å². The molecule has 49 heavy (non-hydrogen) atoms. The Labute approximate surface area is 285 Å². The van der Waals surface area contributed by atoms with E-state index in [2.05, 4.69) is 20.4 Å². The first-order chi connectivity index (χ1) is 23.4. The van der Waals surface area contributed by atoms with Gasteiger partial charge in [-0.2, -0.15) is 14.6 Å². The summed E-state index contributed by atoms with van der Waals surface area (Å²) in [6.45, 7) is 7.44. The number of halogens is 1. The summed E-state index contributed by atoms with van der Waals surface area (Å²) in [5.74, 6) is 0.803. The van der Waals surface area contributed by atoms with E-state index < -0.39 is 29.1 Å². The van der Waals surface area contributed by atoms with Crippen LogP contribution in [0.4, 0.5) is 32.9 Å². The number of methoxy groups -OCH3 is 2. The van der Waals surface area contributed by atoms with Crippen molar-refractivity contribution >= 4 is 63.9 Å². The molecule has 256 valence electrons. The number of amides is 2. The van der Waals surface area contributed by atoms with Crippen molar-refractivity contribution in [3.8, 4) is 11.5 Å². The largest absolute Gasteiger partial charge is 0.497 e. The fourth-order valence-electron chi connectivity index (χ4n) is 6.63. The number of imide groups is 1. The summed E-state index contributed by atoms with van der Waals surface area (Å²) in [6, 6.07) is 10.3. The predicted octanol–water partition coefficient (Wildman–Crippen LogP) is 5.31. The monoisotopic (exact) mass is 691 g/mol. The molecule has 0 unspecified atom stereocenters. The summed E-state index contributed by atoms with van der Waals surface area (Å²) in [5, 5.41) is 18.3. The molecule has 0 bridgehead atoms. The van der Waals surface area contributed by atoms with Crippen molar-refractivity contribution in [1.29, 1.82) is 0 Å². The zero-order valence-corrected chi connectivity index (χ0v) is 28.2. The van der Waals surface area contributed by atoms with Gasteiger partial charge < -0.3 is 34.3 Å². The van der Waals surface area contributed by atoms with Crippen LogP contribution in [-0.4, -0.2) is 89.1 Å². The minimum atomic E-state index is -1.36. The van der Waals surface area contributed by atoms with Crippen LogP contribution in [0.5, 0.6) is 11.5 Å². The molecule has 4 aromatic rings. The maximum absolute atomic E-state index is 13.7.